The van der Waals surface area contributed by atoms with E-state index in [4.69, 9.17) is 0 Å². The fraction of sp³-hybridized carbons (Fsp3) is 0.375. The van der Waals surface area contributed by atoms with Crippen molar-refractivity contribution in [3.8, 4) is 0 Å². The Morgan fingerprint density at radius 1 is 1.09 bits per heavy atom. The number of hydrogen-bond donors (Lipinski definition) is 0. The lowest BCUT2D eigenvalue weighted by molar-refractivity contribution is -0.156. The number of nitrogens with zero attached hydrogens (tertiary/aromatic N) is 4. The van der Waals surface area contributed by atoms with E-state index in [0.29, 0.717) is 24.4 Å². The monoisotopic (exact) mass is 312 g/mol. The molecule has 23 heavy (non-hydrogen) atoms. The van der Waals surface area contributed by atoms with Gasteiger partial charge in [-0.15, -0.1) is 0 Å². The van der Waals surface area contributed by atoms with Crippen LogP contribution in [0.1, 0.15) is 18.5 Å². The van der Waals surface area contributed by atoms with Crippen LogP contribution in [0.5, 0.6) is 0 Å². The summed E-state index contributed by atoms with van der Waals surface area (Å²) in [6, 6.07) is 6.96. The van der Waals surface area contributed by atoms with Gasteiger partial charge in [0, 0.05) is 31.4 Å². The Hall–Kier alpha value is -2.70. The van der Waals surface area contributed by atoms with E-state index in [1.165, 1.54) is 15.4 Å². The van der Waals surface area contributed by atoms with Crippen LogP contribution >= 0.6 is 0 Å². The molecule has 0 aromatic carbocycles. The van der Waals surface area contributed by atoms with Gasteiger partial charge in [-0.3, -0.25) is 18.8 Å². The second kappa shape index (κ2) is 5.19. The van der Waals surface area contributed by atoms with Crippen molar-refractivity contribution >= 4 is 17.5 Å². The zero-order valence-electron chi connectivity index (χ0n) is 12.5. The summed E-state index contributed by atoms with van der Waals surface area (Å²) in [5.41, 5.74) is 0.841. The summed E-state index contributed by atoms with van der Waals surface area (Å²) < 4.78 is 1.45. The van der Waals surface area contributed by atoms with E-state index in [-0.39, 0.29) is 18.1 Å². The summed E-state index contributed by atoms with van der Waals surface area (Å²) in [7, 11) is 0. The van der Waals surface area contributed by atoms with Gasteiger partial charge in [0.15, 0.2) is 0 Å². The second-order valence-corrected chi connectivity index (χ2v) is 5.97. The molecule has 1 aliphatic carbocycles. The highest BCUT2D eigenvalue weighted by molar-refractivity contribution is 6.35. The molecule has 2 amide bonds. The third-order valence-electron chi connectivity index (χ3n) is 4.31. The SMILES string of the molecule is O=C1C(=O)N(C2CC2)CCN1Cc1cc(=O)n2ccccc2n1. The number of rotatable bonds is 3. The van der Waals surface area contributed by atoms with Gasteiger partial charge in [0.2, 0.25) is 0 Å². The van der Waals surface area contributed by atoms with E-state index in [1.54, 1.807) is 29.3 Å². The zero-order valence-corrected chi connectivity index (χ0v) is 12.5. The molecule has 7 heteroatoms. The number of pyridine rings is 1. The van der Waals surface area contributed by atoms with Crippen LogP contribution in [0.2, 0.25) is 0 Å². The quantitative estimate of drug-likeness (QED) is 0.749. The predicted octanol–water partition coefficient (Wildman–Crippen LogP) is 0.0277. The molecule has 0 N–H and O–H groups in total. The summed E-state index contributed by atoms with van der Waals surface area (Å²) in [5, 5.41) is 0. The first-order chi connectivity index (χ1) is 11.1. The molecule has 2 aromatic rings. The van der Waals surface area contributed by atoms with Gasteiger partial charge in [0.1, 0.15) is 5.65 Å². The Balaban J connectivity index is 1.57. The topological polar surface area (TPSA) is 75.0 Å². The number of piperazine rings is 1. The molecule has 4 rings (SSSR count). The predicted molar refractivity (Wildman–Crippen MR) is 81.6 cm³/mol. The van der Waals surface area contributed by atoms with Crippen LogP contribution < -0.4 is 5.56 Å². The minimum atomic E-state index is -0.502. The molecule has 1 saturated carbocycles. The molecule has 3 heterocycles. The van der Waals surface area contributed by atoms with Crippen molar-refractivity contribution in [2.75, 3.05) is 13.1 Å². The third kappa shape index (κ3) is 2.48. The highest BCUT2D eigenvalue weighted by Gasteiger charge is 2.40. The molecule has 0 bridgehead atoms. The molecule has 0 spiro atoms. The first-order valence-electron chi connectivity index (χ1n) is 7.71. The lowest BCUT2D eigenvalue weighted by Gasteiger charge is -2.33. The molecule has 0 unspecified atom stereocenters. The van der Waals surface area contributed by atoms with E-state index in [2.05, 4.69) is 4.98 Å². The largest absolute Gasteiger partial charge is 0.330 e. The van der Waals surface area contributed by atoms with Crippen molar-refractivity contribution in [2.24, 2.45) is 0 Å². The molecule has 7 nitrogen and oxygen atoms in total. The van der Waals surface area contributed by atoms with Gasteiger partial charge in [0.05, 0.1) is 12.2 Å². The summed E-state index contributed by atoms with van der Waals surface area (Å²) in [4.78, 5) is 44.0. The van der Waals surface area contributed by atoms with Crippen LogP contribution in [0, 0.1) is 0 Å². The Bertz CT molecular complexity index is 856. The van der Waals surface area contributed by atoms with Crippen molar-refractivity contribution < 1.29 is 9.59 Å². The van der Waals surface area contributed by atoms with E-state index in [9.17, 15) is 14.4 Å². The van der Waals surface area contributed by atoms with Crippen LogP contribution in [0.25, 0.3) is 5.65 Å². The maximum atomic E-state index is 12.2. The Morgan fingerprint density at radius 2 is 1.91 bits per heavy atom. The smallest absolute Gasteiger partial charge is 0.312 e. The lowest BCUT2D eigenvalue weighted by atomic mass is 10.2. The molecule has 0 atom stereocenters. The summed E-state index contributed by atoms with van der Waals surface area (Å²) >= 11 is 0. The number of amides is 2. The minimum absolute atomic E-state index is 0.184. The fourth-order valence-corrected chi connectivity index (χ4v) is 2.95. The maximum absolute atomic E-state index is 12.2. The minimum Gasteiger partial charge on any atom is -0.330 e. The number of carbonyl (C=O) groups excluding carboxylic acids is 2. The van der Waals surface area contributed by atoms with Crippen LogP contribution in [0.4, 0.5) is 0 Å². The van der Waals surface area contributed by atoms with Gasteiger partial charge < -0.3 is 9.80 Å². The molecule has 1 saturated heterocycles. The molecule has 1 aliphatic heterocycles. The normalized spacial score (nSPS) is 18.8. The van der Waals surface area contributed by atoms with Crippen molar-refractivity contribution in [3.63, 3.8) is 0 Å². The van der Waals surface area contributed by atoms with Crippen molar-refractivity contribution in [2.45, 2.75) is 25.4 Å². The van der Waals surface area contributed by atoms with Gasteiger partial charge in [0.25, 0.3) is 5.56 Å². The molecule has 2 aromatic heterocycles. The third-order valence-corrected chi connectivity index (χ3v) is 4.31. The van der Waals surface area contributed by atoms with Gasteiger partial charge in [-0.05, 0) is 25.0 Å². The van der Waals surface area contributed by atoms with Gasteiger partial charge in [-0.25, -0.2) is 4.98 Å². The first-order valence-corrected chi connectivity index (χ1v) is 7.71. The van der Waals surface area contributed by atoms with E-state index in [0.717, 1.165) is 12.8 Å². The van der Waals surface area contributed by atoms with Crippen LogP contribution in [0.3, 0.4) is 0 Å². The van der Waals surface area contributed by atoms with E-state index >= 15 is 0 Å². The van der Waals surface area contributed by atoms with Crippen LogP contribution in [-0.4, -0.2) is 50.1 Å². The van der Waals surface area contributed by atoms with E-state index in [1.807, 2.05) is 0 Å². The van der Waals surface area contributed by atoms with Crippen molar-refractivity contribution in [1.29, 1.82) is 0 Å². The van der Waals surface area contributed by atoms with Gasteiger partial charge in [-0.1, -0.05) is 6.07 Å². The van der Waals surface area contributed by atoms with Crippen LogP contribution in [0.15, 0.2) is 35.3 Å². The Morgan fingerprint density at radius 3 is 2.70 bits per heavy atom. The van der Waals surface area contributed by atoms with E-state index < -0.39 is 11.8 Å². The average molecular weight is 312 g/mol. The highest BCUT2D eigenvalue weighted by Crippen LogP contribution is 2.28. The molecule has 2 aliphatic rings. The number of aromatic nitrogens is 2. The highest BCUT2D eigenvalue weighted by atomic mass is 16.2. The maximum Gasteiger partial charge on any atom is 0.312 e. The Labute approximate surface area is 132 Å². The van der Waals surface area contributed by atoms with Gasteiger partial charge in [-0.2, -0.15) is 0 Å². The number of hydrogen-bond acceptors (Lipinski definition) is 4. The Kier molecular flexibility index (Phi) is 3.14. The molecule has 118 valence electrons. The summed E-state index contributed by atoms with van der Waals surface area (Å²) in [6.45, 7) is 1.22. The molecular weight excluding hydrogens is 296 g/mol. The average Bonchev–Trinajstić information content (AvgIpc) is 3.37. The van der Waals surface area contributed by atoms with Gasteiger partial charge >= 0.3 is 11.8 Å². The first kappa shape index (κ1) is 13.9. The number of fused-ring (bicyclic) bond motifs is 1. The summed E-state index contributed by atoms with van der Waals surface area (Å²) in [6.07, 6.45) is 3.63. The summed E-state index contributed by atoms with van der Waals surface area (Å²) in [5.74, 6) is -0.936. The zero-order chi connectivity index (χ0) is 16.0. The fourth-order valence-electron chi connectivity index (χ4n) is 2.95. The molecular formula is C16H16N4O3. The standard InChI is InChI=1S/C16H16N4O3/c21-14-9-11(17-13-3-1-2-6-20(13)14)10-18-7-8-19(12-4-5-12)16(23)15(18)22/h1-3,6,9,12H,4-5,7-8,10H2. The van der Waals surface area contributed by atoms with Crippen LogP contribution in [-0.2, 0) is 16.1 Å². The second-order valence-electron chi connectivity index (χ2n) is 5.97. The number of carbonyl (C=O) groups is 2. The lowest BCUT2D eigenvalue weighted by Crippen LogP contribution is -2.54. The molecule has 2 fully saturated rings. The molecule has 0 radical (unpaired) electrons. The van der Waals surface area contributed by atoms with Crippen molar-refractivity contribution in [3.05, 3.63) is 46.5 Å². The van der Waals surface area contributed by atoms with Crippen molar-refractivity contribution in [1.82, 2.24) is 19.2 Å².